The smallest absolute Gasteiger partial charge is 0.256 e. The number of para-hydroxylation sites is 1. The van der Waals surface area contributed by atoms with E-state index in [-0.39, 0.29) is 5.91 Å². The first-order valence-electron chi connectivity index (χ1n) is 6.74. The summed E-state index contributed by atoms with van der Waals surface area (Å²) in [6, 6.07) is 15.0. The van der Waals surface area contributed by atoms with E-state index in [0.717, 1.165) is 11.1 Å². The molecule has 1 amide bonds. The summed E-state index contributed by atoms with van der Waals surface area (Å²) in [5.74, 6) is 6.00. The number of nitrogens with two attached hydrogens (primary N) is 1. The molecule has 2 N–H and O–H groups in total. The lowest BCUT2D eigenvalue weighted by atomic mass is 10.1. The second kappa shape index (κ2) is 6.62. The Bertz CT molecular complexity index is 710. The monoisotopic (exact) mass is 278 g/mol. The molecule has 0 unspecified atom stereocenters. The van der Waals surface area contributed by atoms with E-state index >= 15 is 0 Å². The molecule has 2 rings (SSSR count). The zero-order valence-corrected chi connectivity index (χ0v) is 12.3. The van der Waals surface area contributed by atoms with Crippen LogP contribution in [0.1, 0.15) is 21.5 Å². The molecule has 0 heterocycles. The number of hydrogen-bond acceptors (Lipinski definition) is 2. The van der Waals surface area contributed by atoms with Gasteiger partial charge in [-0.3, -0.25) is 4.79 Å². The molecular formula is C18H18N2O. The average Bonchev–Trinajstić information content (AvgIpc) is 2.49. The zero-order valence-electron chi connectivity index (χ0n) is 12.3. The number of hydrogen-bond donors (Lipinski definition) is 1. The van der Waals surface area contributed by atoms with E-state index in [1.54, 1.807) is 30.1 Å². The largest absolute Gasteiger partial charge is 0.398 e. The summed E-state index contributed by atoms with van der Waals surface area (Å²) in [5, 5.41) is 0. The normalized spacial score (nSPS) is 9.62. The standard InChI is InChI=1S/C18H18N2O/c1-14-8-3-4-9-15(14)10-7-13-20(2)18(21)16-11-5-6-12-17(16)19/h3-6,8-9,11-12H,13,19H2,1-2H3. The van der Waals surface area contributed by atoms with Gasteiger partial charge in [-0.05, 0) is 30.7 Å². The molecule has 3 heteroatoms. The van der Waals surface area contributed by atoms with Gasteiger partial charge >= 0.3 is 0 Å². The van der Waals surface area contributed by atoms with Crippen LogP contribution in [0, 0.1) is 18.8 Å². The van der Waals surface area contributed by atoms with Crippen molar-refractivity contribution >= 4 is 11.6 Å². The van der Waals surface area contributed by atoms with Gasteiger partial charge in [0.05, 0.1) is 12.1 Å². The molecule has 0 aliphatic heterocycles. The van der Waals surface area contributed by atoms with Gasteiger partial charge in [0.25, 0.3) is 5.91 Å². The van der Waals surface area contributed by atoms with Crippen LogP contribution in [0.4, 0.5) is 5.69 Å². The molecule has 0 atom stereocenters. The fraction of sp³-hybridized carbons (Fsp3) is 0.167. The van der Waals surface area contributed by atoms with E-state index in [1.165, 1.54) is 0 Å². The molecule has 0 bridgehead atoms. The van der Waals surface area contributed by atoms with Crippen LogP contribution in [-0.2, 0) is 0 Å². The third-order valence-corrected chi connectivity index (χ3v) is 3.22. The molecule has 0 spiro atoms. The molecule has 2 aromatic rings. The fourth-order valence-electron chi connectivity index (χ4n) is 1.94. The number of amides is 1. The number of nitrogen functional groups attached to an aromatic ring is 1. The Hall–Kier alpha value is -2.73. The molecule has 2 aromatic carbocycles. The maximum atomic E-state index is 12.3. The summed E-state index contributed by atoms with van der Waals surface area (Å²) < 4.78 is 0. The molecule has 106 valence electrons. The van der Waals surface area contributed by atoms with Crippen LogP contribution in [0.5, 0.6) is 0 Å². The Morgan fingerprint density at radius 3 is 2.52 bits per heavy atom. The molecule has 0 radical (unpaired) electrons. The third-order valence-electron chi connectivity index (χ3n) is 3.22. The average molecular weight is 278 g/mol. The summed E-state index contributed by atoms with van der Waals surface area (Å²) in [4.78, 5) is 13.8. The van der Waals surface area contributed by atoms with E-state index in [9.17, 15) is 4.79 Å². The van der Waals surface area contributed by atoms with E-state index in [2.05, 4.69) is 11.8 Å². The number of benzene rings is 2. The molecule has 0 saturated carbocycles. The van der Waals surface area contributed by atoms with Crippen LogP contribution in [0.25, 0.3) is 0 Å². The summed E-state index contributed by atoms with van der Waals surface area (Å²) >= 11 is 0. The van der Waals surface area contributed by atoms with Crippen molar-refractivity contribution in [2.24, 2.45) is 0 Å². The number of rotatable bonds is 2. The molecular weight excluding hydrogens is 260 g/mol. The Morgan fingerprint density at radius 2 is 1.81 bits per heavy atom. The first-order valence-corrected chi connectivity index (χ1v) is 6.74. The van der Waals surface area contributed by atoms with Crippen LogP contribution in [0.3, 0.4) is 0 Å². The summed E-state index contributed by atoms with van der Waals surface area (Å²) in [5.41, 5.74) is 8.93. The lowest BCUT2D eigenvalue weighted by Crippen LogP contribution is -2.27. The van der Waals surface area contributed by atoms with E-state index in [0.29, 0.717) is 17.8 Å². The highest BCUT2D eigenvalue weighted by Gasteiger charge is 2.12. The SMILES string of the molecule is Cc1ccccc1C#CCN(C)C(=O)c1ccccc1N. The van der Waals surface area contributed by atoms with Gasteiger partial charge < -0.3 is 10.6 Å². The van der Waals surface area contributed by atoms with Crippen LogP contribution >= 0.6 is 0 Å². The minimum Gasteiger partial charge on any atom is -0.398 e. The van der Waals surface area contributed by atoms with Gasteiger partial charge in [-0.15, -0.1) is 0 Å². The fourth-order valence-corrected chi connectivity index (χ4v) is 1.94. The van der Waals surface area contributed by atoms with Crippen molar-refractivity contribution in [1.82, 2.24) is 4.90 Å². The molecule has 0 aliphatic carbocycles. The lowest BCUT2D eigenvalue weighted by Gasteiger charge is -2.15. The van der Waals surface area contributed by atoms with E-state index < -0.39 is 0 Å². The maximum absolute atomic E-state index is 12.3. The van der Waals surface area contributed by atoms with Crippen LogP contribution < -0.4 is 5.73 Å². The number of anilines is 1. The van der Waals surface area contributed by atoms with Crippen LogP contribution in [0.2, 0.25) is 0 Å². The highest BCUT2D eigenvalue weighted by atomic mass is 16.2. The minimum atomic E-state index is -0.118. The zero-order chi connectivity index (χ0) is 15.2. The molecule has 0 saturated heterocycles. The first-order chi connectivity index (χ1) is 10.1. The predicted molar refractivity (Wildman–Crippen MR) is 85.9 cm³/mol. The quantitative estimate of drug-likeness (QED) is 0.678. The molecule has 3 nitrogen and oxygen atoms in total. The van der Waals surface area contributed by atoms with Crippen molar-refractivity contribution < 1.29 is 4.79 Å². The number of nitrogens with zero attached hydrogens (tertiary/aromatic N) is 1. The predicted octanol–water partition coefficient (Wildman–Crippen LogP) is 2.70. The second-order valence-corrected chi connectivity index (χ2v) is 4.87. The van der Waals surface area contributed by atoms with Crippen LogP contribution in [0.15, 0.2) is 48.5 Å². The van der Waals surface area contributed by atoms with Crippen molar-refractivity contribution in [2.45, 2.75) is 6.92 Å². The van der Waals surface area contributed by atoms with Crippen molar-refractivity contribution in [1.29, 1.82) is 0 Å². The Kier molecular flexibility index (Phi) is 4.63. The topological polar surface area (TPSA) is 46.3 Å². The molecule has 0 aliphatic rings. The summed E-state index contributed by atoms with van der Waals surface area (Å²) in [6.07, 6.45) is 0. The van der Waals surface area contributed by atoms with Gasteiger partial charge in [-0.2, -0.15) is 0 Å². The third kappa shape index (κ3) is 3.64. The first kappa shape index (κ1) is 14.7. The van der Waals surface area contributed by atoms with Crippen molar-refractivity contribution in [3.63, 3.8) is 0 Å². The van der Waals surface area contributed by atoms with Crippen molar-refractivity contribution in [3.05, 3.63) is 65.2 Å². The van der Waals surface area contributed by atoms with Crippen molar-refractivity contribution in [3.8, 4) is 11.8 Å². The van der Waals surface area contributed by atoms with Crippen LogP contribution in [-0.4, -0.2) is 24.4 Å². The Morgan fingerprint density at radius 1 is 1.14 bits per heavy atom. The van der Waals surface area contributed by atoms with E-state index in [1.807, 2.05) is 37.3 Å². The molecule has 0 fully saturated rings. The minimum absolute atomic E-state index is 0.118. The lowest BCUT2D eigenvalue weighted by molar-refractivity contribution is 0.0813. The summed E-state index contributed by atoms with van der Waals surface area (Å²) in [6.45, 7) is 2.38. The Balaban J connectivity index is 2.06. The van der Waals surface area contributed by atoms with Gasteiger partial charge in [-0.1, -0.05) is 42.2 Å². The van der Waals surface area contributed by atoms with Gasteiger partial charge in [-0.25, -0.2) is 0 Å². The van der Waals surface area contributed by atoms with Gasteiger partial charge in [0.15, 0.2) is 0 Å². The maximum Gasteiger partial charge on any atom is 0.256 e. The van der Waals surface area contributed by atoms with Gasteiger partial charge in [0.1, 0.15) is 0 Å². The number of carbonyl (C=O) groups is 1. The van der Waals surface area contributed by atoms with Crippen molar-refractivity contribution in [2.75, 3.05) is 19.3 Å². The highest BCUT2D eigenvalue weighted by molar-refractivity contribution is 5.99. The number of carbonyl (C=O) groups excluding carboxylic acids is 1. The van der Waals surface area contributed by atoms with Gasteiger partial charge in [0, 0.05) is 18.3 Å². The van der Waals surface area contributed by atoms with E-state index in [4.69, 9.17) is 5.73 Å². The molecule has 21 heavy (non-hydrogen) atoms. The second-order valence-electron chi connectivity index (χ2n) is 4.87. The number of aryl methyl sites for hydroxylation is 1. The van der Waals surface area contributed by atoms with Gasteiger partial charge in [0.2, 0.25) is 0 Å². The Labute approximate surface area is 125 Å². The summed E-state index contributed by atoms with van der Waals surface area (Å²) in [7, 11) is 1.72. The highest BCUT2D eigenvalue weighted by Crippen LogP contribution is 2.12. The molecule has 0 aromatic heterocycles.